The third kappa shape index (κ3) is 5.02. The smallest absolute Gasteiger partial charge is 0.161 e. The van der Waals surface area contributed by atoms with Gasteiger partial charge in [-0.25, -0.2) is 0 Å². The van der Waals surface area contributed by atoms with E-state index in [1.165, 1.54) is 5.56 Å². The monoisotopic (exact) mass is 281 g/mol. The molecule has 0 aliphatic carbocycles. The van der Waals surface area contributed by atoms with Crippen molar-refractivity contribution in [3.05, 3.63) is 23.8 Å². The van der Waals surface area contributed by atoms with Crippen molar-refractivity contribution >= 4 is 0 Å². The first-order valence-electron chi connectivity index (χ1n) is 7.32. The molecule has 0 spiro atoms. The third-order valence-electron chi connectivity index (χ3n) is 3.16. The van der Waals surface area contributed by atoms with Crippen LogP contribution in [0.25, 0.3) is 0 Å². The van der Waals surface area contributed by atoms with Gasteiger partial charge in [0.25, 0.3) is 0 Å². The van der Waals surface area contributed by atoms with E-state index in [0.717, 1.165) is 30.9 Å². The molecule has 4 heteroatoms. The molecule has 0 saturated heterocycles. The topological polar surface area (TPSA) is 39.7 Å². The molecule has 4 nitrogen and oxygen atoms in total. The molecule has 1 unspecified atom stereocenters. The van der Waals surface area contributed by atoms with Crippen molar-refractivity contribution in [2.45, 2.75) is 32.7 Å². The highest BCUT2D eigenvalue weighted by Crippen LogP contribution is 2.31. The van der Waals surface area contributed by atoms with Gasteiger partial charge in [0.1, 0.15) is 0 Å². The zero-order valence-corrected chi connectivity index (χ0v) is 13.1. The van der Waals surface area contributed by atoms with Crippen LogP contribution < -0.4 is 14.8 Å². The van der Waals surface area contributed by atoms with Gasteiger partial charge in [0.2, 0.25) is 0 Å². The molecule has 0 radical (unpaired) electrons. The maximum Gasteiger partial charge on any atom is 0.161 e. The molecule has 1 atom stereocenters. The fraction of sp³-hybridized carbons (Fsp3) is 0.625. The summed E-state index contributed by atoms with van der Waals surface area (Å²) in [5.41, 5.74) is 1.22. The maximum atomic E-state index is 5.67. The zero-order valence-electron chi connectivity index (χ0n) is 13.1. The lowest BCUT2D eigenvalue weighted by Gasteiger charge is -2.19. The minimum Gasteiger partial charge on any atom is -0.490 e. The number of benzene rings is 1. The van der Waals surface area contributed by atoms with Gasteiger partial charge in [-0.1, -0.05) is 6.07 Å². The van der Waals surface area contributed by atoms with Gasteiger partial charge in [0.05, 0.1) is 13.2 Å². The Labute approximate surface area is 122 Å². The minimum atomic E-state index is 0.306. The SMILES string of the molecule is CCOc1ccc(C(CCCOC)NC)cc1OCC. The summed E-state index contributed by atoms with van der Waals surface area (Å²) in [5.74, 6) is 1.63. The van der Waals surface area contributed by atoms with E-state index < -0.39 is 0 Å². The van der Waals surface area contributed by atoms with E-state index in [1.54, 1.807) is 7.11 Å². The van der Waals surface area contributed by atoms with E-state index in [9.17, 15) is 0 Å². The van der Waals surface area contributed by atoms with Crippen LogP contribution in [0.15, 0.2) is 18.2 Å². The quantitative estimate of drug-likeness (QED) is 0.669. The largest absolute Gasteiger partial charge is 0.490 e. The summed E-state index contributed by atoms with van der Waals surface area (Å²) in [7, 11) is 3.72. The summed E-state index contributed by atoms with van der Waals surface area (Å²) in [6.45, 7) is 6.02. The molecular weight excluding hydrogens is 254 g/mol. The molecule has 1 aromatic rings. The van der Waals surface area contributed by atoms with Gasteiger partial charge in [0.15, 0.2) is 11.5 Å². The first-order valence-corrected chi connectivity index (χ1v) is 7.32. The minimum absolute atomic E-state index is 0.306. The first kappa shape index (κ1) is 16.8. The Bertz CT molecular complexity index is 382. The number of hydrogen-bond donors (Lipinski definition) is 1. The molecule has 1 aromatic carbocycles. The molecule has 0 heterocycles. The average molecular weight is 281 g/mol. The molecule has 0 saturated carbocycles. The molecule has 1 rings (SSSR count). The van der Waals surface area contributed by atoms with Crippen LogP contribution in [0.2, 0.25) is 0 Å². The second-order valence-corrected chi connectivity index (χ2v) is 4.55. The highest BCUT2D eigenvalue weighted by atomic mass is 16.5. The van der Waals surface area contributed by atoms with Gasteiger partial charge in [-0.3, -0.25) is 0 Å². The van der Waals surface area contributed by atoms with Crippen LogP contribution in [-0.2, 0) is 4.74 Å². The van der Waals surface area contributed by atoms with Gasteiger partial charge >= 0.3 is 0 Å². The van der Waals surface area contributed by atoms with Gasteiger partial charge in [-0.15, -0.1) is 0 Å². The van der Waals surface area contributed by atoms with E-state index in [1.807, 2.05) is 27.0 Å². The van der Waals surface area contributed by atoms with Crippen LogP contribution in [0.5, 0.6) is 11.5 Å². The molecule has 0 bridgehead atoms. The number of hydrogen-bond acceptors (Lipinski definition) is 4. The summed E-state index contributed by atoms with van der Waals surface area (Å²) in [6.07, 6.45) is 2.06. The molecular formula is C16H27NO3. The van der Waals surface area contributed by atoms with E-state index in [2.05, 4.69) is 17.4 Å². The lowest BCUT2D eigenvalue weighted by Crippen LogP contribution is -2.17. The van der Waals surface area contributed by atoms with Crippen molar-refractivity contribution in [2.75, 3.05) is 34.0 Å². The van der Waals surface area contributed by atoms with Crippen LogP contribution in [0.1, 0.15) is 38.3 Å². The van der Waals surface area contributed by atoms with E-state index in [4.69, 9.17) is 14.2 Å². The summed E-state index contributed by atoms with van der Waals surface area (Å²) >= 11 is 0. The maximum absolute atomic E-state index is 5.67. The van der Waals surface area contributed by atoms with Crippen LogP contribution in [0.4, 0.5) is 0 Å². The standard InChI is InChI=1S/C16H27NO3/c1-5-19-15-10-9-13(12-16(15)20-6-2)14(17-3)8-7-11-18-4/h9-10,12,14,17H,5-8,11H2,1-4H3. The van der Waals surface area contributed by atoms with Gasteiger partial charge < -0.3 is 19.5 Å². The number of rotatable bonds is 10. The Morgan fingerprint density at radius 2 is 1.80 bits per heavy atom. The van der Waals surface area contributed by atoms with E-state index in [-0.39, 0.29) is 0 Å². The molecule has 20 heavy (non-hydrogen) atoms. The van der Waals surface area contributed by atoms with Crippen molar-refractivity contribution < 1.29 is 14.2 Å². The summed E-state index contributed by atoms with van der Waals surface area (Å²) in [4.78, 5) is 0. The highest BCUT2D eigenvalue weighted by Gasteiger charge is 2.13. The van der Waals surface area contributed by atoms with Crippen molar-refractivity contribution in [1.82, 2.24) is 5.32 Å². The molecule has 0 aliphatic rings. The predicted molar refractivity (Wildman–Crippen MR) is 81.7 cm³/mol. The molecule has 0 aliphatic heterocycles. The van der Waals surface area contributed by atoms with Crippen LogP contribution in [0.3, 0.4) is 0 Å². The number of ether oxygens (including phenoxy) is 3. The fourth-order valence-electron chi connectivity index (χ4n) is 2.19. The van der Waals surface area contributed by atoms with Crippen LogP contribution in [-0.4, -0.2) is 34.0 Å². The molecule has 114 valence electrons. The van der Waals surface area contributed by atoms with Gasteiger partial charge in [0, 0.05) is 19.8 Å². The van der Waals surface area contributed by atoms with E-state index >= 15 is 0 Å². The van der Waals surface area contributed by atoms with E-state index in [0.29, 0.717) is 19.3 Å². The number of nitrogens with one attached hydrogen (secondary N) is 1. The Morgan fingerprint density at radius 1 is 1.10 bits per heavy atom. The second-order valence-electron chi connectivity index (χ2n) is 4.55. The Kier molecular flexibility index (Phi) is 8.07. The fourth-order valence-corrected chi connectivity index (χ4v) is 2.19. The zero-order chi connectivity index (χ0) is 14.8. The summed E-state index contributed by atoms with van der Waals surface area (Å²) < 4.78 is 16.4. The Hall–Kier alpha value is -1.26. The average Bonchev–Trinajstić information content (AvgIpc) is 2.46. The van der Waals surface area contributed by atoms with Crippen LogP contribution in [0, 0.1) is 0 Å². The Morgan fingerprint density at radius 3 is 2.40 bits per heavy atom. The normalized spacial score (nSPS) is 12.2. The van der Waals surface area contributed by atoms with Crippen molar-refractivity contribution in [3.8, 4) is 11.5 Å². The van der Waals surface area contributed by atoms with Crippen molar-refractivity contribution in [2.24, 2.45) is 0 Å². The van der Waals surface area contributed by atoms with Crippen molar-refractivity contribution in [3.63, 3.8) is 0 Å². The second kappa shape index (κ2) is 9.61. The molecule has 0 amide bonds. The molecule has 0 aromatic heterocycles. The third-order valence-corrected chi connectivity index (χ3v) is 3.16. The number of methoxy groups -OCH3 is 1. The summed E-state index contributed by atoms with van der Waals surface area (Å²) in [6, 6.07) is 6.47. The predicted octanol–water partition coefficient (Wildman–Crippen LogP) is 3.17. The molecule has 0 fully saturated rings. The van der Waals surface area contributed by atoms with Gasteiger partial charge in [-0.2, -0.15) is 0 Å². The Balaban J connectivity index is 2.84. The summed E-state index contributed by atoms with van der Waals surface area (Å²) in [5, 5.41) is 3.35. The van der Waals surface area contributed by atoms with Crippen LogP contribution >= 0.6 is 0 Å². The first-order chi connectivity index (χ1) is 9.76. The van der Waals surface area contributed by atoms with Crippen molar-refractivity contribution in [1.29, 1.82) is 0 Å². The lowest BCUT2D eigenvalue weighted by molar-refractivity contribution is 0.189. The lowest BCUT2D eigenvalue weighted by atomic mass is 10.0. The highest BCUT2D eigenvalue weighted by molar-refractivity contribution is 5.44. The van der Waals surface area contributed by atoms with Gasteiger partial charge in [-0.05, 0) is 51.4 Å². The molecule has 1 N–H and O–H groups in total.